The Labute approximate surface area is 229 Å². The topological polar surface area (TPSA) is 106 Å². The lowest BCUT2D eigenvalue weighted by molar-refractivity contribution is -0.139. The van der Waals surface area contributed by atoms with Gasteiger partial charge in [0.1, 0.15) is 6.54 Å². The SMILES string of the molecule is CN1CCC(Nc2cccc3c2cc(-c2noc(CNC(=O)C4CC4)n2)n3CC(F)(F)F)CC1.Cn1cccn1. The number of nitrogens with one attached hydrogen (secondary N) is 2. The van der Waals surface area contributed by atoms with Crippen LogP contribution in [0.1, 0.15) is 31.6 Å². The normalized spacial score (nSPS) is 16.5. The molecule has 214 valence electrons. The van der Waals surface area contributed by atoms with Gasteiger partial charge in [-0.05, 0) is 70.1 Å². The first-order chi connectivity index (χ1) is 19.2. The zero-order valence-electron chi connectivity index (χ0n) is 22.5. The summed E-state index contributed by atoms with van der Waals surface area (Å²) in [7, 11) is 3.97. The van der Waals surface area contributed by atoms with Gasteiger partial charge in [-0.1, -0.05) is 11.2 Å². The van der Waals surface area contributed by atoms with E-state index >= 15 is 0 Å². The monoisotopic (exact) mass is 558 g/mol. The zero-order valence-corrected chi connectivity index (χ0v) is 22.5. The molecule has 0 bridgehead atoms. The number of rotatable bonds is 7. The van der Waals surface area contributed by atoms with Gasteiger partial charge in [0, 0.05) is 42.5 Å². The van der Waals surface area contributed by atoms with Crippen LogP contribution in [0.2, 0.25) is 0 Å². The van der Waals surface area contributed by atoms with Crippen molar-refractivity contribution in [2.24, 2.45) is 13.0 Å². The summed E-state index contributed by atoms with van der Waals surface area (Å²) in [5.74, 6) is 0.168. The maximum atomic E-state index is 13.5. The second-order valence-corrected chi connectivity index (χ2v) is 10.4. The minimum Gasteiger partial charge on any atom is -0.382 e. The zero-order chi connectivity index (χ0) is 28.3. The Morgan fingerprint density at radius 1 is 1.12 bits per heavy atom. The van der Waals surface area contributed by atoms with Gasteiger partial charge >= 0.3 is 6.18 Å². The molecule has 3 aromatic heterocycles. The Morgan fingerprint density at radius 2 is 1.90 bits per heavy atom. The predicted molar refractivity (Wildman–Crippen MR) is 143 cm³/mol. The van der Waals surface area contributed by atoms with Crippen molar-refractivity contribution in [1.82, 2.24) is 34.7 Å². The third-order valence-electron chi connectivity index (χ3n) is 7.06. The van der Waals surface area contributed by atoms with Crippen LogP contribution in [0.3, 0.4) is 0 Å². The Morgan fingerprint density at radius 3 is 2.52 bits per heavy atom. The molecule has 2 fully saturated rings. The molecule has 10 nitrogen and oxygen atoms in total. The molecule has 0 radical (unpaired) electrons. The quantitative estimate of drug-likeness (QED) is 0.350. The summed E-state index contributed by atoms with van der Waals surface area (Å²) in [4.78, 5) is 18.4. The number of aryl methyl sites for hydroxylation is 1. The average Bonchev–Trinajstić information content (AvgIpc) is 3.28. The van der Waals surface area contributed by atoms with Crippen molar-refractivity contribution >= 4 is 22.5 Å². The number of carbonyl (C=O) groups is 1. The van der Waals surface area contributed by atoms with Crippen LogP contribution in [0.15, 0.2) is 47.2 Å². The van der Waals surface area contributed by atoms with Gasteiger partial charge in [0.05, 0.1) is 17.8 Å². The molecule has 1 saturated carbocycles. The standard InChI is InChI=1S/C23H27F3N6O2.C4H6N2/c1-31-9-7-15(8-10-31)28-17-3-2-4-18-16(17)11-19(32(18)13-23(24,25)26)21-29-20(34-30-21)12-27-22(33)14-5-6-14;1-6-4-2-3-5-6/h2-4,11,14-15,28H,5-10,12-13H2,1H3,(H,27,33);2-4H,1H3. The lowest BCUT2D eigenvalue weighted by atomic mass is 10.0. The first-order valence-electron chi connectivity index (χ1n) is 13.3. The Kier molecular flexibility index (Phi) is 8.10. The van der Waals surface area contributed by atoms with Crippen LogP contribution < -0.4 is 10.6 Å². The number of alkyl halides is 3. The molecule has 6 rings (SSSR count). The van der Waals surface area contributed by atoms with E-state index in [0.29, 0.717) is 10.9 Å². The fraction of sp³-hybridized carbons (Fsp3) is 0.481. The van der Waals surface area contributed by atoms with Gasteiger partial charge in [0.2, 0.25) is 17.6 Å². The van der Waals surface area contributed by atoms with E-state index in [-0.39, 0.29) is 41.8 Å². The van der Waals surface area contributed by atoms with E-state index in [0.717, 1.165) is 44.5 Å². The molecule has 0 spiro atoms. The van der Waals surface area contributed by atoms with Gasteiger partial charge in [0.25, 0.3) is 0 Å². The van der Waals surface area contributed by atoms with Crippen molar-refractivity contribution in [2.45, 2.75) is 51.0 Å². The van der Waals surface area contributed by atoms with Crippen molar-refractivity contribution in [3.8, 4) is 11.5 Å². The summed E-state index contributed by atoms with van der Waals surface area (Å²) < 4.78 is 48.6. The van der Waals surface area contributed by atoms with Gasteiger partial charge in [-0.15, -0.1) is 0 Å². The summed E-state index contributed by atoms with van der Waals surface area (Å²) in [6, 6.07) is 9.13. The predicted octanol–water partition coefficient (Wildman–Crippen LogP) is 4.21. The fourth-order valence-electron chi connectivity index (χ4n) is 4.75. The van der Waals surface area contributed by atoms with Crippen molar-refractivity contribution in [1.29, 1.82) is 0 Å². The summed E-state index contributed by atoms with van der Waals surface area (Å²) in [6.45, 7) is 0.810. The Hall–Kier alpha value is -3.87. The number of hydrogen-bond acceptors (Lipinski definition) is 7. The summed E-state index contributed by atoms with van der Waals surface area (Å²) >= 11 is 0. The van der Waals surface area contributed by atoms with Crippen molar-refractivity contribution in [2.75, 3.05) is 25.5 Å². The van der Waals surface area contributed by atoms with Crippen LogP contribution in [-0.2, 0) is 24.9 Å². The van der Waals surface area contributed by atoms with Crippen LogP contribution in [0, 0.1) is 5.92 Å². The van der Waals surface area contributed by atoms with E-state index in [1.54, 1.807) is 29.1 Å². The number of nitrogens with zero attached hydrogens (tertiary/aromatic N) is 6. The lowest BCUT2D eigenvalue weighted by Crippen LogP contribution is -2.36. The molecular weight excluding hydrogens is 525 g/mol. The van der Waals surface area contributed by atoms with Crippen molar-refractivity contribution in [3.05, 3.63) is 48.6 Å². The number of halogens is 3. The molecule has 1 saturated heterocycles. The first-order valence-corrected chi connectivity index (χ1v) is 13.3. The third kappa shape index (κ3) is 7.00. The molecule has 4 heterocycles. The highest BCUT2D eigenvalue weighted by molar-refractivity contribution is 5.96. The first kappa shape index (κ1) is 27.7. The van der Waals surface area contributed by atoms with E-state index in [4.69, 9.17) is 4.52 Å². The number of carbonyl (C=O) groups excluding carboxylic acids is 1. The molecule has 2 N–H and O–H groups in total. The van der Waals surface area contributed by atoms with Crippen LogP contribution in [0.4, 0.5) is 18.9 Å². The molecule has 1 aromatic carbocycles. The number of anilines is 1. The van der Waals surface area contributed by atoms with Gasteiger partial charge < -0.3 is 24.6 Å². The van der Waals surface area contributed by atoms with E-state index in [1.165, 1.54) is 4.57 Å². The smallest absolute Gasteiger partial charge is 0.382 e. The van der Waals surface area contributed by atoms with Crippen LogP contribution in [0.25, 0.3) is 22.4 Å². The maximum absolute atomic E-state index is 13.5. The van der Waals surface area contributed by atoms with Gasteiger partial charge in [-0.25, -0.2) is 0 Å². The van der Waals surface area contributed by atoms with E-state index in [2.05, 4.69) is 37.8 Å². The number of aromatic nitrogens is 5. The summed E-state index contributed by atoms with van der Waals surface area (Å²) in [6.07, 6.45) is 2.87. The summed E-state index contributed by atoms with van der Waals surface area (Å²) in [5, 5.41) is 14.7. The highest BCUT2D eigenvalue weighted by atomic mass is 19.4. The fourth-order valence-corrected chi connectivity index (χ4v) is 4.75. The average molecular weight is 559 g/mol. The second kappa shape index (κ2) is 11.7. The highest BCUT2D eigenvalue weighted by Gasteiger charge is 2.32. The Bertz CT molecular complexity index is 1420. The number of likely N-dealkylation sites (tertiary alicyclic amines) is 1. The number of fused-ring (bicyclic) bond motifs is 1. The molecule has 1 aliphatic carbocycles. The molecule has 1 amide bonds. The van der Waals surface area contributed by atoms with Gasteiger partial charge in [0.15, 0.2) is 0 Å². The van der Waals surface area contributed by atoms with E-state index in [9.17, 15) is 18.0 Å². The maximum Gasteiger partial charge on any atom is 0.406 e. The molecule has 2 aliphatic rings. The second-order valence-electron chi connectivity index (χ2n) is 10.4. The largest absolute Gasteiger partial charge is 0.406 e. The lowest BCUT2D eigenvalue weighted by Gasteiger charge is -2.30. The van der Waals surface area contributed by atoms with Crippen LogP contribution >= 0.6 is 0 Å². The molecule has 40 heavy (non-hydrogen) atoms. The van der Waals surface area contributed by atoms with E-state index < -0.39 is 12.7 Å². The number of amides is 1. The molecule has 4 aromatic rings. The van der Waals surface area contributed by atoms with Gasteiger partial charge in [-0.3, -0.25) is 9.48 Å². The molecule has 1 aliphatic heterocycles. The van der Waals surface area contributed by atoms with Crippen molar-refractivity contribution in [3.63, 3.8) is 0 Å². The molecule has 13 heteroatoms. The number of hydrogen-bond donors (Lipinski definition) is 2. The minimum absolute atomic E-state index is 0.0344. The Balaban J connectivity index is 0.000000477. The molecule has 0 unspecified atom stereocenters. The van der Waals surface area contributed by atoms with Crippen LogP contribution in [0.5, 0.6) is 0 Å². The minimum atomic E-state index is -4.43. The summed E-state index contributed by atoms with van der Waals surface area (Å²) in [5.41, 5.74) is 1.45. The van der Waals surface area contributed by atoms with Crippen molar-refractivity contribution < 1.29 is 22.5 Å². The molecule has 0 atom stereocenters. The number of piperidine rings is 1. The highest BCUT2D eigenvalue weighted by Crippen LogP contribution is 2.35. The van der Waals surface area contributed by atoms with Gasteiger partial charge in [-0.2, -0.15) is 23.3 Å². The van der Waals surface area contributed by atoms with Crippen LogP contribution in [-0.4, -0.2) is 67.7 Å². The van der Waals surface area contributed by atoms with E-state index in [1.807, 2.05) is 25.4 Å². The molecular formula is C27H33F3N8O2. The third-order valence-corrected chi connectivity index (χ3v) is 7.06. The number of benzene rings is 1.